The van der Waals surface area contributed by atoms with E-state index in [1.165, 1.54) is 11.1 Å². The molecular weight excluding hydrogens is 413 g/mol. The van der Waals surface area contributed by atoms with Crippen molar-refractivity contribution in [2.75, 3.05) is 17.6 Å². The van der Waals surface area contributed by atoms with Gasteiger partial charge in [-0.05, 0) is 31.5 Å². The molecular formula is C20H21F3N6O2. The summed E-state index contributed by atoms with van der Waals surface area (Å²) in [4.78, 5) is 30.2. The summed E-state index contributed by atoms with van der Waals surface area (Å²) in [5.74, 6) is -1.36. The molecule has 0 bridgehead atoms. The number of halogens is 3. The Hall–Kier alpha value is -3.63. The van der Waals surface area contributed by atoms with Gasteiger partial charge in [-0.15, -0.1) is 0 Å². The molecule has 0 spiro atoms. The predicted molar refractivity (Wildman–Crippen MR) is 109 cm³/mol. The highest BCUT2D eigenvalue weighted by Crippen LogP contribution is 2.31. The van der Waals surface area contributed by atoms with E-state index in [-0.39, 0.29) is 12.3 Å². The molecule has 3 rings (SSSR count). The van der Waals surface area contributed by atoms with E-state index in [9.17, 15) is 22.8 Å². The molecule has 0 saturated carbocycles. The van der Waals surface area contributed by atoms with Crippen molar-refractivity contribution in [3.8, 4) is 0 Å². The number of pyridine rings is 1. The van der Waals surface area contributed by atoms with Crippen LogP contribution in [0.15, 0.2) is 30.5 Å². The van der Waals surface area contributed by atoms with Crippen molar-refractivity contribution in [1.82, 2.24) is 15.2 Å². The largest absolute Gasteiger partial charge is 0.408 e. The number of amides is 2. The smallest absolute Gasteiger partial charge is 0.397 e. The Kier molecular flexibility index (Phi) is 5.87. The Morgan fingerprint density at radius 2 is 2.10 bits per heavy atom. The lowest BCUT2D eigenvalue weighted by Gasteiger charge is -2.20. The molecule has 2 amide bonds. The first-order valence-electron chi connectivity index (χ1n) is 9.32. The molecule has 1 aromatic carbocycles. The lowest BCUT2D eigenvalue weighted by atomic mass is 10.1. The van der Waals surface area contributed by atoms with Gasteiger partial charge in [0.05, 0.1) is 34.5 Å². The summed E-state index contributed by atoms with van der Waals surface area (Å²) < 4.78 is 37.9. The summed E-state index contributed by atoms with van der Waals surface area (Å²) in [6.07, 6.45) is -3.08. The van der Waals surface area contributed by atoms with Crippen LogP contribution in [0.25, 0.3) is 0 Å². The summed E-state index contributed by atoms with van der Waals surface area (Å²) in [7, 11) is 0. The van der Waals surface area contributed by atoms with Gasteiger partial charge in [-0.3, -0.25) is 14.6 Å². The Bertz CT molecular complexity index is 1050. The average molecular weight is 434 g/mol. The van der Waals surface area contributed by atoms with Gasteiger partial charge < -0.3 is 26.7 Å². The molecule has 1 atom stereocenters. The number of fused-ring (bicyclic) bond motifs is 1. The number of carbonyl (C=O) groups is 2. The second kappa shape index (κ2) is 8.25. The number of hydrogen-bond donors (Lipinski definition) is 4. The van der Waals surface area contributed by atoms with Gasteiger partial charge in [0.2, 0.25) is 5.91 Å². The van der Waals surface area contributed by atoms with Crippen molar-refractivity contribution >= 4 is 34.6 Å². The highest BCUT2D eigenvalue weighted by Gasteiger charge is 2.38. The van der Waals surface area contributed by atoms with E-state index in [0.29, 0.717) is 33.9 Å². The quantitative estimate of drug-likeness (QED) is 0.521. The van der Waals surface area contributed by atoms with Crippen LogP contribution in [0.5, 0.6) is 0 Å². The minimum absolute atomic E-state index is 0.101. The Morgan fingerprint density at radius 3 is 2.71 bits per heavy atom. The van der Waals surface area contributed by atoms with Crippen molar-refractivity contribution in [1.29, 1.82) is 5.41 Å². The molecule has 31 heavy (non-hydrogen) atoms. The van der Waals surface area contributed by atoms with Crippen molar-refractivity contribution in [3.05, 3.63) is 47.3 Å². The number of anilines is 3. The summed E-state index contributed by atoms with van der Waals surface area (Å²) in [5, 5.41) is 12.6. The maximum absolute atomic E-state index is 12.9. The molecule has 1 aliphatic rings. The van der Waals surface area contributed by atoms with Crippen molar-refractivity contribution in [2.24, 2.45) is 0 Å². The van der Waals surface area contributed by atoms with E-state index in [2.05, 4.69) is 10.3 Å². The monoisotopic (exact) mass is 434 g/mol. The standard InChI is InChI=1S/C20H21F3N6O2/c1-10(24)18-14(25)6-13(7-26-18)28-15-5-3-4-12-8-29(19(31)17(12)15)9-16(30)27-11(2)20(21,22)23/h3-7,11,24,28H,8-9,25H2,1-2H3,(H,27,30). The van der Waals surface area contributed by atoms with Crippen LogP contribution < -0.4 is 16.4 Å². The fraction of sp³-hybridized carbons (Fsp3) is 0.300. The van der Waals surface area contributed by atoms with E-state index >= 15 is 0 Å². The molecule has 0 radical (unpaired) electrons. The van der Waals surface area contributed by atoms with Crippen molar-refractivity contribution < 1.29 is 22.8 Å². The molecule has 0 fully saturated rings. The number of nitrogens with two attached hydrogens (primary N) is 1. The third-order valence-electron chi connectivity index (χ3n) is 4.77. The highest BCUT2D eigenvalue weighted by molar-refractivity contribution is 6.05. The molecule has 2 heterocycles. The topological polar surface area (TPSA) is 124 Å². The van der Waals surface area contributed by atoms with Gasteiger partial charge in [-0.25, -0.2) is 0 Å². The summed E-state index contributed by atoms with van der Waals surface area (Å²) in [6, 6.07) is 4.67. The first-order chi connectivity index (χ1) is 14.5. The number of hydrogen-bond acceptors (Lipinski definition) is 6. The molecule has 0 aliphatic carbocycles. The van der Waals surface area contributed by atoms with Crippen LogP contribution in [0.4, 0.5) is 30.2 Å². The van der Waals surface area contributed by atoms with Gasteiger partial charge >= 0.3 is 6.18 Å². The summed E-state index contributed by atoms with van der Waals surface area (Å²) >= 11 is 0. The van der Waals surface area contributed by atoms with Crippen LogP contribution >= 0.6 is 0 Å². The second-order valence-electron chi connectivity index (χ2n) is 7.24. The summed E-state index contributed by atoms with van der Waals surface area (Å²) in [5.41, 5.74) is 8.70. The lowest BCUT2D eigenvalue weighted by Crippen LogP contribution is -2.47. The molecule has 1 unspecified atom stereocenters. The Labute approximate surface area is 176 Å². The third-order valence-corrected chi connectivity index (χ3v) is 4.77. The Morgan fingerprint density at radius 1 is 1.39 bits per heavy atom. The molecule has 5 N–H and O–H groups in total. The predicted octanol–water partition coefficient (Wildman–Crippen LogP) is 2.82. The second-order valence-corrected chi connectivity index (χ2v) is 7.24. The summed E-state index contributed by atoms with van der Waals surface area (Å²) in [6.45, 7) is 2.01. The molecule has 2 aromatic rings. The molecule has 11 heteroatoms. The fourth-order valence-electron chi connectivity index (χ4n) is 3.21. The van der Waals surface area contributed by atoms with Crippen LogP contribution in [0, 0.1) is 5.41 Å². The fourth-order valence-corrected chi connectivity index (χ4v) is 3.21. The van der Waals surface area contributed by atoms with E-state index in [1.807, 2.05) is 5.32 Å². The van der Waals surface area contributed by atoms with Crippen LogP contribution in [0.1, 0.15) is 35.5 Å². The number of alkyl halides is 3. The molecule has 1 aromatic heterocycles. The maximum Gasteiger partial charge on any atom is 0.408 e. The van der Waals surface area contributed by atoms with Gasteiger partial charge in [-0.1, -0.05) is 12.1 Å². The molecule has 1 aliphatic heterocycles. The minimum atomic E-state index is -4.56. The van der Waals surface area contributed by atoms with Gasteiger partial charge in [0.25, 0.3) is 5.91 Å². The number of nitrogens with one attached hydrogen (secondary N) is 3. The van der Waals surface area contributed by atoms with E-state index in [1.54, 1.807) is 31.2 Å². The van der Waals surface area contributed by atoms with Crippen molar-refractivity contribution in [3.63, 3.8) is 0 Å². The number of aromatic nitrogens is 1. The number of nitrogen functional groups attached to an aromatic ring is 1. The highest BCUT2D eigenvalue weighted by atomic mass is 19.4. The zero-order valence-corrected chi connectivity index (χ0v) is 16.8. The zero-order chi connectivity index (χ0) is 22.9. The van der Waals surface area contributed by atoms with E-state index in [0.717, 1.165) is 6.92 Å². The van der Waals surface area contributed by atoms with E-state index in [4.69, 9.17) is 11.1 Å². The Balaban J connectivity index is 1.76. The minimum Gasteiger partial charge on any atom is -0.397 e. The number of carbonyl (C=O) groups excluding carboxylic acids is 2. The molecule has 8 nitrogen and oxygen atoms in total. The van der Waals surface area contributed by atoms with Crippen molar-refractivity contribution in [2.45, 2.75) is 32.6 Å². The number of benzene rings is 1. The zero-order valence-electron chi connectivity index (χ0n) is 16.8. The average Bonchev–Trinajstić information content (AvgIpc) is 2.97. The van der Waals surface area contributed by atoms with Gasteiger partial charge in [-0.2, -0.15) is 13.2 Å². The normalized spacial score (nSPS) is 14.2. The third kappa shape index (κ3) is 4.76. The first-order valence-corrected chi connectivity index (χ1v) is 9.32. The van der Waals surface area contributed by atoms with Crippen LogP contribution in [-0.4, -0.2) is 46.2 Å². The van der Waals surface area contributed by atoms with Crippen LogP contribution in [0.3, 0.4) is 0 Å². The lowest BCUT2D eigenvalue weighted by molar-refractivity contribution is -0.158. The van der Waals surface area contributed by atoms with Gasteiger partial charge in [0.15, 0.2) is 0 Å². The van der Waals surface area contributed by atoms with Gasteiger partial charge in [0.1, 0.15) is 18.3 Å². The van der Waals surface area contributed by atoms with E-state index < -0.39 is 30.6 Å². The van der Waals surface area contributed by atoms with Crippen LogP contribution in [-0.2, 0) is 11.3 Å². The number of nitrogens with zero attached hydrogens (tertiary/aromatic N) is 2. The van der Waals surface area contributed by atoms with Gasteiger partial charge in [0, 0.05) is 6.54 Å². The van der Waals surface area contributed by atoms with Crippen LogP contribution in [0.2, 0.25) is 0 Å². The maximum atomic E-state index is 12.9. The SMILES string of the molecule is CC(=N)c1ncc(Nc2cccc3c2C(=O)N(CC(=O)NC(C)C(F)(F)F)C3)cc1N. The number of rotatable bonds is 6. The first kappa shape index (κ1) is 22.1. The molecule has 0 saturated heterocycles. The molecule has 164 valence electrons.